The summed E-state index contributed by atoms with van der Waals surface area (Å²) in [5.41, 5.74) is 0.903. The molecule has 0 aliphatic carbocycles. The highest BCUT2D eigenvalue weighted by Crippen LogP contribution is 2.18. The molecule has 0 saturated carbocycles. The number of aliphatic hydroxyl groups excluding tert-OH is 1. The molecule has 100 valence electrons. The van der Waals surface area contributed by atoms with Gasteiger partial charge in [-0.2, -0.15) is 0 Å². The van der Waals surface area contributed by atoms with Gasteiger partial charge in [-0.3, -0.25) is 4.79 Å². The largest absolute Gasteiger partial charge is 0.388 e. The van der Waals surface area contributed by atoms with E-state index >= 15 is 0 Å². The molecule has 3 nitrogen and oxygen atoms in total. The van der Waals surface area contributed by atoms with Crippen molar-refractivity contribution in [2.75, 3.05) is 24.6 Å². The molecular weight excluding hydrogens is 246 g/mol. The van der Waals surface area contributed by atoms with Crippen LogP contribution in [0.2, 0.25) is 0 Å². The Bertz CT molecular complexity index is 352. The number of rotatable bonds is 7. The SMILES string of the molecule is CCN(CC)C(=O)CSCC(O)c1ccccc1. The van der Waals surface area contributed by atoms with Gasteiger partial charge < -0.3 is 10.0 Å². The van der Waals surface area contributed by atoms with Gasteiger partial charge in [0.1, 0.15) is 0 Å². The summed E-state index contributed by atoms with van der Waals surface area (Å²) in [7, 11) is 0. The minimum absolute atomic E-state index is 0.144. The summed E-state index contributed by atoms with van der Waals surface area (Å²) in [6.45, 7) is 5.45. The van der Waals surface area contributed by atoms with Crippen LogP contribution in [0.1, 0.15) is 25.5 Å². The molecule has 0 heterocycles. The zero-order valence-corrected chi connectivity index (χ0v) is 11.8. The molecule has 1 aromatic rings. The van der Waals surface area contributed by atoms with Crippen LogP contribution in [-0.4, -0.2) is 40.5 Å². The third kappa shape index (κ3) is 4.70. The minimum atomic E-state index is -0.499. The number of benzene rings is 1. The maximum Gasteiger partial charge on any atom is 0.232 e. The predicted molar refractivity (Wildman–Crippen MR) is 76.7 cm³/mol. The first kappa shape index (κ1) is 15.1. The number of carbonyl (C=O) groups is 1. The van der Waals surface area contributed by atoms with Gasteiger partial charge in [0.15, 0.2) is 0 Å². The van der Waals surface area contributed by atoms with Crippen molar-refractivity contribution in [3.63, 3.8) is 0 Å². The number of hydrogen-bond donors (Lipinski definition) is 1. The summed E-state index contributed by atoms with van der Waals surface area (Å²) in [6, 6.07) is 9.54. The molecule has 0 aliphatic rings. The average Bonchev–Trinajstić information content (AvgIpc) is 2.41. The quantitative estimate of drug-likeness (QED) is 0.824. The Morgan fingerprint density at radius 1 is 1.28 bits per heavy atom. The van der Waals surface area contributed by atoms with Gasteiger partial charge in [-0.1, -0.05) is 30.3 Å². The number of nitrogens with zero attached hydrogens (tertiary/aromatic N) is 1. The third-order valence-corrected chi connectivity index (χ3v) is 3.80. The van der Waals surface area contributed by atoms with Crippen LogP contribution < -0.4 is 0 Å². The molecule has 0 aliphatic heterocycles. The van der Waals surface area contributed by atoms with Crippen LogP contribution in [0.3, 0.4) is 0 Å². The van der Waals surface area contributed by atoms with E-state index in [0.717, 1.165) is 18.7 Å². The highest BCUT2D eigenvalue weighted by molar-refractivity contribution is 7.99. The van der Waals surface area contributed by atoms with Crippen LogP contribution in [0, 0.1) is 0 Å². The average molecular weight is 267 g/mol. The smallest absolute Gasteiger partial charge is 0.232 e. The van der Waals surface area contributed by atoms with Gasteiger partial charge in [0.25, 0.3) is 0 Å². The molecule has 1 rings (SSSR count). The molecule has 0 spiro atoms. The molecule has 1 amide bonds. The van der Waals surface area contributed by atoms with Crippen molar-refractivity contribution in [2.24, 2.45) is 0 Å². The van der Waals surface area contributed by atoms with Crippen molar-refractivity contribution in [1.82, 2.24) is 4.90 Å². The van der Waals surface area contributed by atoms with E-state index in [1.807, 2.05) is 49.1 Å². The lowest BCUT2D eigenvalue weighted by Gasteiger charge is -2.18. The van der Waals surface area contributed by atoms with E-state index in [1.54, 1.807) is 0 Å². The Morgan fingerprint density at radius 2 is 1.89 bits per heavy atom. The van der Waals surface area contributed by atoms with E-state index in [4.69, 9.17) is 0 Å². The molecule has 1 atom stereocenters. The molecule has 1 aromatic carbocycles. The Balaban J connectivity index is 2.32. The Labute approximate surface area is 113 Å². The summed E-state index contributed by atoms with van der Waals surface area (Å²) in [6.07, 6.45) is -0.499. The zero-order chi connectivity index (χ0) is 13.4. The van der Waals surface area contributed by atoms with Crippen molar-refractivity contribution in [3.05, 3.63) is 35.9 Å². The fraction of sp³-hybridized carbons (Fsp3) is 0.500. The van der Waals surface area contributed by atoms with Gasteiger partial charge in [-0.05, 0) is 19.4 Å². The van der Waals surface area contributed by atoms with Crippen molar-refractivity contribution in [2.45, 2.75) is 20.0 Å². The van der Waals surface area contributed by atoms with E-state index in [1.165, 1.54) is 11.8 Å². The summed E-state index contributed by atoms with van der Waals surface area (Å²) in [4.78, 5) is 13.6. The lowest BCUT2D eigenvalue weighted by Crippen LogP contribution is -2.32. The molecule has 0 fully saturated rings. The second-order valence-corrected chi connectivity index (χ2v) is 5.04. The molecular formula is C14H21NO2S. The topological polar surface area (TPSA) is 40.5 Å². The van der Waals surface area contributed by atoms with Crippen molar-refractivity contribution in [3.8, 4) is 0 Å². The number of hydrogen-bond acceptors (Lipinski definition) is 3. The third-order valence-electron chi connectivity index (χ3n) is 2.80. The van der Waals surface area contributed by atoms with Gasteiger partial charge in [0.2, 0.25) is 5.91 Å². The standard InChI is InChI=1S/C14H21NO2S/c1-3-15(4-2)14(17)11-18-10-13(16)12-8-6-5-7-9-12/h5-9,13,16H,3-4,10-11H2,1-2H3. The number of amides is 1. The van der Waals surface area contributed by atoms with Crippen LogP contribution in [0.4, 0.5) is 0 Å². The Hall–Kier alpha value is -1.00. The van der Waals surface area contributed by atoms with Gasteiger partial charge in [-0.15, -0.1) is 11.8 Å². The summed E-state index contributed by atoms with van der Waals surface area (Å²) in [5, 5.41) is 9.94. The van der Waals surface area contributed by atoms with Gasteiger partial charge in [-0.25, -0.2) is 0 Å². The maximum atomic E-state index is 11.7. The molecule has 0 aromatic heterocycles. The van der Waals surface area contributed by atoms with Gasteiger partial charge in [0.05, 0.1) is 11.9 Å². The van der Waals surface area contributed by atoms with E-state index < -0.39 is 6.10 Å². The van der Waals surface area contributed by atoms with E-state index in [9.17, 15) is 9.90 Å². The summed E-state index contributed by atoms with van der Waals surface area (Å²) < 4.78 is 0. The molecule has 0 bridgehead atoms. The molecule has 0 radical (unpaired) electrons. The molecule has 1 N–H and O–H groups in total. The number of carbonyl (C=O) groups excluding carboxylic acids is 1. The fourth-order valence-corrected chi connectivity index (χ4v) is 2.59. The van der Waals surface area contributed by atoms with Crippen LogP contribution in [0.5, 0.6) is 0 Å². The van der Waals surface area contributed by atoms with Gasteiger partial charge in [0, 0.05) is 18.8 Å². The number of aliphatic hydroxyl groups is 1. The highest BCUT2D eigenvalue weighted by atomic mass is 32.2. The van der Waals surface area contributed by atoms with Crippen molar-refractivity contribution in [1.29, 1.82) is 0 Å². The van der Waals surface area contributed by atoms with E-state index in [0.29, 0.717) is 11.5 Å². The summed E-state index contributed by atoms with van der Waals surface area (Å²) >= 11 is 1.48. The van der Waals surface area contributed by atoms with Gasteiger partial charge >= 0.3 is 0 Å². The van der Waals surface area contributed by atoms with Crippen LogP contribution in [0.25, 0.3) is 0 Å². The lowest BCUT2D eigenvalue weighted by molar-refractivity contribution is -0.127. The molecule has 18 heavy (non-hydrogen) atoms. The first-order valence-corrected chi connectivity index (χ1v) is 7.43. The lowest BCUT2D eigenvalue weighted by atomic mass is 10.1. The normalized spacial score (nSPS) is 12.2. The second kappa shape index (κ2) is 8.16. The summed E-state index contributed by atoms with van der Waals surface area (Å²) in [5.74, 6) is 1.13. The minimum Gasteiger partial charge on any atom is -0.388 e. The number of thioether (sulfide) groups is 1. The highest BCUT2D eigenvalue weighted by Gasteiger charge is 2.12. The molecule has 1 unspecified atom stereocenters. The van der Waals surface area contributed by atoms with Crippen molar-refractivity contribution < 1.29 is 9.90 Å². The van der Waals surface area contributed by atoms with Crippen LogP contribution >= 0.6 is 11.8 Å². The fourth-order valence-electron chi connectivity index (χ4n) is 1.70. The first-order valence-electron chi connectivity index (χ1n) is 6.27. The Morgan fingerprint density at radius 3 is 2.44 bits per heavy atom. The Kier molecular flexibility index (Phi) is 6.83. The van der Waals surface area contributed by atoms with Crippen LogP contribution in [-0.2, 0) is 4.79 Å². The monoisotopic (exact) mass is 267 g/mol. The predicted octanol–water partition coefficient (Wildman–Crippen LogP) is 2.32. The first-order chi connectivity index (χ1) is 8.69. The molecule has 0 saturated heterocycles. The zero-order valence-electron chi connectivity index (χ0n) is 11.0. The van der Waals surface area contributed by atoms with Crippen LogP contribution in [0.15, 0.2) is 30.3 Å². The maximum absolute atomic E-state index is 11.7. The van der Waals surface area contributed by atoms with E-state index in [-0.39, 0.29) is 5.91 Å². The van der Waals surface area contributed by atoms with Crippen molar-refractivity contribution >= 4 is 17.7 Å². The second-order valence-electron chi connectivity index (χ2n) is 4.01. The molecule has 4 heteroatoms. The van der Waals surface area contributed by atoms with E-state index in [2.05, 4.69) is 0 Å².